The van der Waals surface area contributed by atoms with Gasteiger partial charge in [0.1, 0.15) is 5.69 Å². The van der Waals surface area contributed by atoms with Gasteiger partial charge in [0.15, 0.2) is 0 Å². The smallest absolute Gasteiger partial charge is 0.291 e. The fourth-order valence-corrected chi connectivity index (χ4v) is 2.66. The highest BCUT2D eigenvalue weighted by molar-refractivity contribution is 7.98. The summed E-state index contributed by atoms with van der Waals surface area (Å²) in [5.74, 6) is 1.68. The summed E-state index contributed by atoms with van der Waals surface area (Å²) in [6.45, 7) is 2.78. The summed E-state index contributed by atoms with van der Waals surface area (Å²) in [6, 6.07) is 0.231. The second kappa shape index (κ2) is 6.66. The average Bonchev–Trinajstić information content (AvgIpc) is 3.19. The predicted molar refractivity (Wildman–Crippen MR) is 82.3 cm³/mol. The van der Waals surface area contributed by atoms with Crippen molar-refractivity contribution in [2.24, 2.45) is 5.92 Å². The summed E-state index contributed by atoms with van der Waals surface area (Å²) < 4.78 is 1.53. The van der Waals surface area contributed by atoms with Crippen molar-refractivity contribution in [3.05, 3.63) is 21.6 Å². The van der Waals surface area contributed by atoms with E-state index in [0.717, 1.165) is 12.2 Å². The van der Waals surface area contributed by atoms with Crippen LogP contribution in [0.2, 0.25) is 5.02 Å². The molecule has 19 heavy (non-hydrogen) atoms. The zero-order chi connectivity index (χ0) is 13.8. The first kappa shape index (κ1) is 14.7. The third kappa shape index (κ3) is 4.14. The average molecular weight is 302 g/mol. The van der Waals surface area contributed by atoms with E-state index in [2.05, 4.69) is 23.6 Å². The number of nitrogens with zero attached hydrogens (tertiary/aromatic N) is 2. The van der Waals surface area contributed by atoms with Crippen molar-refractivity contribution in [1.29, 1.82) is 0 Å². The molecule has 0 radical (unpaired) electrons. The van der Waals surface area contributed by atoms with Crippen LogP contribution in [0.5, 0.6) is 0 Å². The van der Waals surface area contributed by atoms with Gasteiger partial charge in [-0.3, -0.25) is 4.79 Å². The zero-order valence-corrected chi connectivity index (χ0v) is 12.9. The van der Waals surface area contributed by atoms with Gasteiger partial charge in [-0.15, -0.1) is 0 Å². The molecule has 1 aromatic heterocycles. The standard InChI is InChI=1S/C13H20ClN3OS/c1-9(5-6-19-2)16-12-11(14)7-15-17(13(12)18)8-10-3-4-10/h7,9-10,16H,3-6,8H2,1-2H3. The summed E-state index contributed by atoms with van der Waals surface area (Å²) in [5.41, 5.74) is 0.390. The van der Waals surface area contributed by atoms with Crippen molar-refractivity contribution >= 4 is 29.1 Å². The van der Waals surface area contributed by atoms with Crippen LogP contribution in [0.1, 0.15) is 26.2 Å². The summed E-state index contributed by atoms with van der Waals surface area (Å²) >= 11 is 7.89. The molecule has 1 fully saturated rings. The Morgan fingerprint density at radius 3 is 3.00 bits per heavy atom. The van der Waals surface area contributed by atoms with Gasteiger partial charge < -0.3 is 5.32 Å². The number of nitrogens with one attached hydrogen (secondary N) is 1. The van der Waals surface area contributed by atoms with Gasteiger partial charge in [0.25, 0.3) is 5.56 Å². The highest BCUT2D eigenvalue weighted by Crippen LogP contribution is 2.30. The Morgan fingerprint density at radius 2 is 2.37 bits per heavy atom. The van der Waals surface area contributed by atoms with E-state index in [9.17, 15) is 4.79 Å². The fraction of sp³-hybridized carbons (Fsp3) is 0.692. The van der Waals surface area contributed by atoms with Crippen molar-refractivity contribution in [1.82, 2.24) is 9.78 Å². The highest BCUT2D eigenvalue weighted by atomic mass is 35.5. The van der Waals surface area contributed by atoms with Crippen LogP contribution in [0.25, 0.3) is 0 Å². The normalized spacial score (nSPS) is 16.4. The van der Waals surface area contributed by atoms with E-state index in [1.807, 2.05) is 0 Å². The minimum atomic E-state index is -0.101. The molecule has 0 amide bonds. The second-order valence-corrected chi connectivity index (χ2v) is 6.52. The molecule has 0 aromatic carbocycles. The van der Waals surface area contributed by atoms with Gasteiger partial charge in [0, 0.05) is 12.6 Å². The Kier molecular flexibility index (Phi) is 5.16. The summed E-state index contributed by atoms with van der Waals surface area (Å²) in [7, 11) is 0. The monoisotopic (exact) mass is 301 g/mol. The molecular weight excluding hydrogens is 282 g/mol. The van der Waals surface area contributed by atoms with Crippen molar-refractivity contribution < 1.29 is 0 Å². The summed E-state index contributed by atoms with van der Waals surface area (Å²) in [5, 5.41) is 7.76. The van der Waals surface area contributed by atoms with Gasteiger partial charge in [0.05, 0.1) is 11.2 Å². The molecule has 2 rings (SSSR count). The van der Waals surface area contributed by atoms with E-state index in [4.69, 9.17) is 11.6 Å². The van der Waals surface area contributed by atoms with Crippen molar-refractivity contribution in [2.45, 2.75) is 38.8 Å². The van der Waals surface area contributed by atoms with Crippen LogP contribution in [0.15, 0.2) is 11.0 Å². The fourth-order valence-electron chi connectivity index (χ4n) is 1.89. The first-order valence-electron chi connectivity index (χ1n) is 6.63. The SMILES string of the molecule is CSCCC(C)Nc1c(Cl)cnn(CC2CC2)c1=O. The maximum absolute atomic E-state index is 12.3. The Labute approximate surface area is 122 Å². The Balaban J connectivity index is 2.11. The summed E-state index contributed by atoms with van der Waals surface area (Å²) in [4.78, 5) is 12.3. The van der Waals surface area contributed by atoms with Crippen molar-refractivity contribution in [3.8, 4) is 0 Å². The topological polar surface area (TPSA) is 46.9 Å². The quantitative estimate of drug-likeness (QED) is 0.841. The van der Waals surface area contributed by atoms with Crippen LogP contribution in [-0.2, 0) is 6.54 Å². The van der Waals surface area contributed by atoms with Gasteiger partial charge in [-0.05, 0) is 44.1 Å². The molecule has 1 saturated carbocycles. The molecule has 106 valence electrons. The minimum Gasteiger partial charge on any atom is -0.377 e. The molecule has 1 N–H and O–H groups in total. The largest absolute Gasteiger partial charge is 0.377 e. The molecule has 1 aliphatic carbocycles. The number of thioether (sulfide) groups is 1. The van der Waals surface area contributed by atoms with Crippen molar-refractivity contribution in [3.63, 3.8) is 0 Å². The Morgan fingerprint density at radius 1 is 1.63 bits per heavy atom. The van der Waals surface area contributed by atoms with Gasteiger partial charge in [-0.1, -0.05) is 11.6 Å². The lowest BCUT2D eigenvalue weighted by molar-refractivity contribution is 0.534. The molecule has 0 aliphatic heterocycles. The first-order chi connectivity index (χ1) is 9.11. The van der Waals surface area contributed by atoms with Crippen LogP contribution >= 0.6 is 23.4 Å². The highest BCUT2D eigenvalue weighted by Gasteiger charge is 2.23. The van der Waals surface area contributed by atoms with Crippen LogP contribution < -0.4 is 10.9 Å². The third-order valence-electron chi connectivity index (χ3n) is 3.27. The van der Waals surface area contributed by atoms with Crippen molar-refractivity contribution in [2.75, 3.05) is 17.3 Å². The lowest BCUT2D eigenvalue weighted by atomic mass is 10.2. The molecule has 1 unspecified atom stereocenters. The number of anilines is 1. The molecule has 0 saturated heterocycles. The molecular formula is C13H20ClN3OS. The van der Waals surface area contributed by atoms with E-state index >= 15 is 0 Å². The van der Waals surface area contributed by atoms with Crippen LogP contribution in [0.4, 0.5) is 5.69 Å². The number of rotatable bonds is 7. The first-order valence-corrected chi connectivity index (χ1v) is 8.40. The maximum Gasteiger partial charge on any atom is 0.291 e. The van der Waals surface area contributed by atoms with E-state index < -0.39 is 0 Å². The number of aromatic nitrogens is 2. The second-order valence-electron chi connectivity index (χ2n) is 5.13. The summed E-state index contributed by atoms with van der Waals surface area (Å²) in [6.07, 6.45) is 7.04. The lowest BCUT2D eigenvalue weighted by Gasteiger charge is -2.16. The molecule has 1 aliphatic rings. The van der Waals surface area contributed by atoms with Crippen LogP contribution in [0.3, 0.4) is 0 Å². The van der Waals surface area contributed by atoms with E-state index in [1.165, 1.54) is 17.5 Å². The molecule has 1 aromatic rings. The number of hydrogen-bond donors (Lipinski definition) is 1. The molecule has 0 spiro atoms. The van der Waals surface area contributed by atoms with E-state index in [0.29, 0.717) is 23.2 Å². The van der Waals surface area contributed by atoms with Gasteiger partial charge in [0.2, 0.25) is 0 Å². The Bertz CT molecular complexity index is 487. The Hall–Kier alpha value is -0.680. The molecule has 0 bridgehead atoms. The zero-order valence-electron chi connectivity index (χ0n) is 11.4. The predicted octanol–water partition coefficient (Wildman–Crippen LogP) is 2.86. The molecule has 6 heteroatoms. The van der Waals surface area contributed by atoms with Crippen LogP contribution in [-0.4, -0.2) is 27.8 Å². The molecule has 1 heterocycles. The van der Waals surface area contributed by atoms with Gasteiger partial charge >= 0.3 is 0 Å². The molecule has 4 nitrogen and oxygen atoms in total. The molecule has 1 atom stereocenters. The minimum absolute atomic E-state index is 0.101. The number of hydrogen-bond acceptors (Lipinski definition) is 4. The maximum atomic E-state index is 12.3. The van der Waals surface area contributed by atoms with E-state index in [-0.39, 0.29) is 11.6 Å². The third-order valence-corrected chi connectivity index (χ3v) is 4.20. The van der Waals surface area contributed by atoms with E-state index in [1.54, 1.807) is 18.0 Å². The van der Waals surface area contributed by atoms with Gasteiger partial charge in [-0.2, -0.15) is 16.9 Å². The van der Waals surface area contributed by atoms with Gasteiger partial charge in [-0.25, -0.2) is 4.68 Å². The number of halogens is 1. The lowest BCUT2D eigenvalue weighted by Crippen LogP contribution is -2.29. The van der Waals surface area contributed by atoms with Crippen LogP contribution in [0, 0.1) is 5.92 Å².